The van der Waals surface area contributed by atoms with Gasteiger partial charge in [-0.25, -0.2) is 0 Å². The summed E-state index contributed by atoms with van der Waals surface area (Å²) in [5, 5.41) is 4.18. The Bertz CT molecular complexity index is 558. The van der Waals surface area contributed by atoms with Gasteiger partial charge in [0.05, 0.1) is 12.4 Å². The first kappa shape index (κ1) is 14.9. The van der Waals surface area contributed by atoms with Gasteiger partial charge in [-0.15, -0.1) is 11.8 Å². The topological polar surface area (TPSA) is 48.2 Å². The number of thioether (sulfide) groups is 1. The van der Waals surface area contributed by atoms with E-state index in [0.717, 1.165) is 16.5 Å². The van der Waals surface area contributed by atoms with Crippen LogP contribution in [0, 0.1) is 0 Å². The zero-order chi connectivity index (χ0) is 14.8. The number of hydrogen-bond donors (Lipinski definition) is 0. The molecule has 0 bridgehead atoms. The van der Waals surface area contributed by atoms with Crippen molar-refractivity contribution in [1.82, 2.24) is 10.1 Å². The van der Waals surface area contributed by atoms with Crippen molar-refractivity contribution in [2.75, 3.05) is 7.11 Å². The minimum absolute atomic E-state index is 0.0910. The molecular weight excluding hydrogens is 272 g/mol. The van der Waals surface area contributed by atoms with Crippen molar-refractivity contribution in [2.45, 2.75) is 43.3 Å². The van der Waals surface area contributed by atoms with Gasteiger partial charge >= 0.3 is 0 Å². The molecule has 20 heavy (non-hydrogen) atoms. The third-order valence-corrected chi connectivity index (χ3v) is 3.93. The lowest BCUT2D eigenvalue weighted by Gasteiger charge is -2.11. The standard InChI is InChI=1S/C15H20N2O2S/c1-10(13-16-14(17-19-13)15(2,3)4)20-12-8-6-11(18-5)7-9-12/h6-10H,1-5H3. The van der Waals surface area contributed by atoms with E-state index >= 15 is 0 Å². The summed E-state index contributed by atoms with van der Waals surface area (Å²) in [7, 11) is 1.66. The molecule has 1 unspecified atom stereocenters. The average Bonchev–Trinajstić information content (AvgIpc) is 2.89. The first-order chi connectivity index (χ1) is 9.40. The van der Waals surface area contributed by atoms with Gasteiger partial charge in [0.15, 0.2) is 5.82 Å². The van der Waals surface area contributed by atoms with Crippen LogP contribution < -0.4 is 4.74 Å². The van der Waals surface area contributed by atoms with E-state index in [4.69, 9.17) is 9.26 Å². The Hall–Kier alpha value is -1.49. The first-order valence-corrected chi connectivity index (χ1v) is 7.43. The van der Waals surface area contributed by atoms with Crippen LogP contribution in [-0.2, 0) is 5.41 Å². The maximum Gasteiger partial charge on any atom is 0.239 e. The fraction of sp³-hybridized carbons (Fsp3) is 0.467. The van der Waals surface area contributed by atoms with Gasteiger partial charge in [0.1, 0.15) is 5.75 Å². The van der Waals surface area contributed by atoms with E-state index < -0.39 is 0 Å². The second-order valence-electron chi connectivity index (χ2n) is 5.64. The highest BCUT2D eigenvalue weighted by Gasteiger charge is 2.23. The van der Waals surface area contributed by atoms with E-state index in [1.54, 1.807) is 18.9 Å². The summed E-state index contributed by atoms with van der Waals surface area (Å²) in [4.78, 5) is 5.64. The Kier molecular flexibility index (Phi) is 4.38. The van der Waals surface area contributed by atoms with Crippen molar-refractivity contribution in [1.29, 1.82) is 0 Å². The van der Waals surface area contributed by atoms with E-state index in [1.165, 1.54) is 0 Å². The molecule has 0 saturated carbocycles. The molecular formula is C15H20N2O2S. The molecule has 1 atom stereocenters. The average molecular weight is 292 g/mol. The van der Waals surface area contributed by atoms with E-state index in [2.05, 4.69) is 37.8 Å². The maximum absolute atomic E-state index is 5.36. The molecule has 5 heteroatoms. The highest BCUT2D eigenvalue weighted by atomic mass is 32.2. The Morgan fingerprint density at radius 1 is 1.20 bits per heavy atom. The van der Waals surface area contributed by atoms with Gasteiger partial charge in [0.2, 0.25) is 5.89 Å². The number of ether oxygens (including phenoxy) is 1. The summed E-state index contributed by atoms with van der Waals surface area (Å²) in [5.74, 6) is 2.26. The maximum atomic E-state index is 5.36. The summed E-state index contributed by atoms with van der Waals surface area (Å²) in [5.41, 5.74) is -0.0910. The van der Waals surface area contributed by atoms with Crippen molar-refractivity contribution in [3.63, 3.8) is 0 Å². The number of nitrogens with zero attached hydrogens (tertiary/aromatic N) is 2. The number of benzene rings is 1. The van der Waals surface area contributed by atoms with Gasteiger partial charge < -0.3 is 9.26 Å². The van der Waals surface area contributed by atoms with Crippen LogP contribution in [0.1, 0.15) is 44.7 Å². The Morgan fingerprint density at radius 2 is 1.85 bits per heavy atom. The van der Waals surface area contributed by atoms with Gasteiger partial charge in [0.25, 0.3) is 0 Å². The molecule has 0 saturated heterocycles. The van der Waals surface area contributed by atoms with Gasteiger partial charge in [-0.05, 0) is 31.2 Å². The SMILES string of the molecule is COc1ccc(SC(C)c2nc(C(C)(C)C)no2)cc1. The molecule has 2 aromatic rings. The third-order valence-electron chi connectivity index (χ3n) is 2.83. The van der Waals surface area contributed by atoms with Crippen LogP contribution in [0.5, 0.6) is 5.75 Å². The Balaban J connectivity index is 2.07. The minimum Gasteiger partial charge on any atom is -0.497 e. The monoisotopic (exact) mass is 292 g/mol. The van der Waals surface area contributed by atoms with E-state index in [9.17, 15) is 0 Å². The first-order valence-electron chi connectivity index (χ1n) is 6.55. The molecule has 0 N–H and O–H groups in total. The van der Waals surface area contributed by atoms with Crippen LogP contribution in [0.3, 0.4) is 0 Å². The molecule has 0 aliphatic rings. The lowest BCUT2D eigenvalue weighted by molar-refractivity contribution is 0.364. The fourth-order valence-corrected chi connectivity index (χ4v) is 2.51. The second kappa shape index (κ2) is 5.87. The smallest absolute Gasteiger partial charge is 0.239 e. The summed E-state index contributed by atoms with van der Waals surface area (Å²) in [6, 6.07) is 7.95. The zero-order valence-electron chi connectivity index (χ0n) is 12.5. The lowest BCUT2D eigenvalue weighted by atomic mass is 9.96. The van der Waals surface area contributed by atoms with Gasteiger partial charge in [-0.1, -0.05) is 25.9 Å². The second-order valence-corrected chi connectivity index (χ2v) is 7.06. The Morgan fingerprint density at radius 3 is 2.35 bits per heavy atom. The molecule has 2 rings (SSSR count). The van der Waals surface area contributed by atoms with Crippen molar-refractivity contribution in [3.05, 3.63) is 36.0 Å². The van der Waals surface area contributed by atoms with E-state index in [0.29, 0.717) is 5.89 Å². The van der Waals surface area contributed by atoms with Gasteiger partial charge in [-0.2, -0.15) is 4.98 Å². The van der Waals surface area contributed by atoms with E-state index in [1.807, 2.05) is 24.3 Å². The van der Waals surface area contributed by atoms with Crippen molar-refractivity contribution in [3.8, 4) is 5.75 Å². The molecule has 1 aromatic carbocycles. The molecule has 108 valence electrons. The molecule has 1 aromatic heterocycles. The largest absolute Gasteiger partial charge is 0.497 e. The quantitative estimate of drug-likeness (QED) is 0.789. The predicted octanol–water partition coefficient (Wildman–Crippen LogP) is 4.23. The van der Waals surface area contributed by atoms with Crippen LogP contribution >= 0.6 is 11.8 Å². The zero-order valence-corrected chi connectivity index (χ0v) is 13.3. The molecule has 1 heterocycles. The van der Waals surface area contributed by atoms with Gasteiger partial charge in [0, 0.05) is 10.3 Å². The normalized spacial score (nSPS) is 13.2. The van der Waals surface area contributed by atoms with Crippen LogP contribution in [-0.4, -0.2) is 17.3 Å². The number of methoxy groups -OCH3 is 1. The van der Waals surface area contributed by atoms with Crippen LogP contribution in [0.15, 0.2) is 33.7 Å². The highest BCUT2D eigenvalue weighted by Crippen LogP contribution is 2.35. The van der Waals surface area contributed by atoms with E-state index in [-0.39, 0.29) is 10.7 Å². The number of hydrogen-bond acceptors (Lipinski definition) is 5. The van der Waals surface area contributed by atoms with Crippen molar-refractivity contribution < 1.29 is 9.26 Å². The fourth-order valence-electron chi connectivity index (χ4n) is 1.61. The highest BCUT2D eigenvalue weighted by molar-refractivity contribution is 7.99. The summed E-state index contributed by atoms with van der Waals surface area (Å²) < 4.78 is 10.5. The van der Waals surface area contributed by atoms with Crippen molar-refractivity contribution >= 4 is 11.8 Å². The number of rotatable bonds is 4. The molecule has 0 radical (unpaired) electrons. The summed E-state index contributed by atoms with van der Waals surface area (Å²) in [6.45, 7) is 8.28. The predicted molar refractivity (Wildman–Crippen MR) is 80.3 cm³/mol. The molecule has 0 aliphatic carbocycles. The molecule has 4 nitrogen and oxygen atoms in total. The Labute approximate surface area is 123 Å². The number of aromatic nitrogens is 2. The third kappa shape index (κ3) is 3.54. The molecule has 0 aliphatic heterocycles. The van der Waals surface area contributed by atoms with Crippen molar-refractivity contribution in [2.24, 2.45) is 0 Å². The molecule has 0 amide bonds. The lowest BCUT2D eigenvalue weighted by Crippen LogP contribution is -2.13. The summed E-state index contributed by atoms with van der Waals surface area (Å²) >= 11 is 1.69. The van der Waals surface area contributed by atoms with Crippen LogP contribution in [0.4, 0.5) is 0 Å². The molecule has 0 fully saturated rings. The molecule has 0 spiro atoms. The van der Waals surface area contributed by atoms with Crippen LogP contribution in [0.25, 0.3) is 0 Å². The van der Waals surface area contributed by atoms with Crippen LogP contribution in [0.2, 0.25) is 0 Å². The van der Waals surface area contributed by atoms with Gasteiger partial charge in [-0.3, -0.25) is 0 Å². The minimum atomic E-state index is -0.0910. The summed E-state index contributed by atoms with van der Waals surface area (Å²) in [6.07, 6.45) is 0.